The number of anilines is 4. The maximum absolute atomic E-state index is 6.00. The SMILES string of the molecule is COc1cccc(C2CCON2c2cc(Nc3ccc(N4CCC(N5CCN(C)CC5)CC4)cc3OC)ncn2)c1. The Bertz CT molecular complexity index is 1310. The van der Waals surface area contributed by atoms with E-state index in [-0.39, 0.29) is 6.04 Å². The van der Waals surface area contributed by atoms with Crippen molar-refractivity contribution in [3.8, 4) is 11.5 Å². The van der Waals surface area contributed by atoms with Crippen molar-refractivity contribution >= 4 is 23.0 Å². The molecule has 1 N–H and O–H groups in total. The van der Waals surface area contributed by atoms with Crippen LogP contribution in [-0.4, -0.2) is 93.0 Å². The van der Waals surface area contributed by atoms with E-state index in [1.807, 2.05) is 29.3 Å². The van der Waals surface area contributed by atoms with Gasteiger partial charge in [0.05, 0.1) is 32.6 Å². The minimum absolute atomic E-state index is 0.0436. The van der Waals surface area contributed by atoms with E-state index in [1.165, 1.54) is 44.7 Å². The number of hydrogen-bond acceptors (Lipinski definition) is 10. The molecule has 1 atom stereocenters. The van der Waals surface area contributed by atoms with E-state index < -0.39 is 0 Å². The molecule has 0 bridgehead atoms. The zero-order valence-corrected chi connectivity index (χ0v) is 24.3. The summed E-state index contributed by atoms with van der Waals surface area (Å²) in [5.41, 5.74) is 3.18. The lowest BCUT2D eigenvalue weighted by Gasteiger charge is -2.42. The first-order valence-electron chi connectivity index (χ1n) is 14.6. The fourth-order valence-corrected chi connectivity index (χ4v) is 6.18. The number of aromatic nitrogens is 2. The first-order valence-corrected chi connectivity index (χ1v) is 14.6. The van der Waals surface area contributed by atoms with Gasteiger partial charge < -0.3 is 24.6 Å². The monoisotopic (exact) mass is 559 g/mol. The molecule has 2 aromatic carbocycles. The Morgan fingerprint density at radius 2 is 1.71 bits per heavy atom. The van der Waals surface area contributed by atoms with Crippen molar-refractivity contribution in [1.29, 1.82) is 0 Å². The van der Waals surface area contributed by atoms with E-state index in [0.29, 0.717) is 24.3 Å². The molecule has 10 nitrogen and oxygen atoms in total. The largest absolute Gasteiger partial charge is 0.497 e. The highest BCUT2D eigenvalue weighted by atomic mass is 16.7. The van der Waals surface area contributed by atoms with Crippen molar-refractivity contribution < 1.29 is 14.3 Å². The number of hydrogen-bond donors (Lipinski definition) is 1. The molecule has 4 heterocycles. The smallest absolute Gasteiger partial charge is 0.158 e. The van der Waals surface area contributed by atoms with Gasteiger partial charge in [0.1, 0.15) is 23.6 Å². The molecule has 6 rings (SSSR count). The first-order chi connectivity index (χ1) is 20.1. The van der Waals surface area contributed by atoms with Gasteiger partial charge in [0.2, 0.25) is 0 Å². The highest BCUT2D eigenvalue weighted by molar-refractivity contribution is 5.70. The van der Waals surface area contributed by atoms with Gasteiger partial charge in [-0.1, -0.05) is 12.1 Å². The van der Waals surface area contributed by atoms with Crippen LogP contribution in [0.25, 0.3) is 0 Å². The van der Waals surface area contributed by atoms with Crippen LogP contribution < -0.4 is 24.8 Å². The van der Waals surface area contributed by atoms with E-state index in [4.69, 9.17) is 14.3 Å². The van der Waals surface area contributed by atoms with Crippen LogP contribution in [0.5, 0.6) is 11.5 Å². The van der Waals surface area contributed by atoms with Crippen LogP contribution in [0.1, 0.15) is 30.9 Å². The summed E-state index contributed by atoms with van der Waals surface area (Å²) in [5.74, 6) is 2.99. The molecule has 3 aliphatic heterocycles. The van der Waals surface area contributed by atoms with Crippen molar-refractivity contribution in [2.45, 2.75) is 31.3 Å². The molecule has 1 unspecified atom stereocenters. The fraction of sp³-hybridized carbons (Fsp3) is 0.484. The summed E-state index contributed by atoms with van der Waals surface area (Å²) in [6.45, 7) is 7.47. The third-order valence-corrected chi connectivity index (χ3v) is 8.59. The lowest BCUT2D eigenvalue weighted by atomic mass is 10.0. The summed E-state index contributed by atoms with van der Waals surface area (Å²) < 4.78 is 11.2. The topological polar surface area (TPSA) is 78.5 Å². The molecule has 0 saturated carbocycles. The standard InChI is InChI=1S/C31H41N7O3/c1-35-14-16-37(17-15-35)24-9-12-36(13-10-24)25-7-8-27(29(20-25)40-3)34-30-21-31(33-22-32-30)38-28(11-18-41-38)23-5-4-6-26(19-23)39-2/h4-8,19-22,24,28H,9-18H2,1-3H3,(H,32,33,34). The molecule has 0 radical (unpaired) electrons. The third-order valence-electron chi connectivity index (χ3n) is 8.59. The van der Waals surface area contributed by atoms with E-state index in [0.717, 1.165) is 42.3 Å². The van der Waals surface area contributed by atoms with Gasteiger partial charge in [-0.2, -0.15) is 0 Å². The number of methoxy groups -OCH3 is 2. The normalized spacial score (nSPS) is 20.8. The molecule has 10 heteroatoms. The molecule has 3 aromatic rings. The molecule has 3 fully saturated rings. The van der Waals surface area contributed by atoms with Gasteiger partial charge in [0, 0.05) is 69.6 Å². The van der Waals surface area contributed by atoms with Gasteiger partial charge >= 0.3 is 0 Å². The summed E-state index contributed by atoms with van der Waals surface area (Å²) in [4.78, 5) is 22.6. The molecule has 218 valence electrons. The minimum Gasteiger partial charge on any atom is -0.497 e. The predicted molar refractivity (Wildman–Crippen MR) is 161 cm³/mol. The molecule has 3 saturated heterocycles. The quantitative estimate of drug-likeness (QED) is 0.431. The molecule has 41 heavy (non-hydrogen) atoms. The summed E-state index contributed by atoms with van der Waals surface area (Å²) in [6, 6.07) is 17.1. The average molecular weight is 560 g/mol. The Morgan fingerprint density at radius 3 is 2.49 bits per heavy atom. The second-order valence-electron chi connectivity index (χ2n) is 11.1. The number of piperazine rings is 1. The zero-order chi connectivity index (χ0) is 28.2. The molecule has 0 aliphatic carbocycles. The van der Waals surface area contributed by atoms with Crippen molar-refractivity contribution in [2.75, 3.05) is 82.4 Å². The molecular formula is C31H41N7O3. The Kier molecular flexibility index (Phi) is 8.41. The number of nitrogens with zero attached hydrogens (tertiary/aromatic N) is 6. The molecule has 0 amide bonds. The van der Waals surface area contributed by atoms with Crippen LogP contribution in [0, 0.1) is 0 Å². The van der Waals surface area contributed by atoms with Gasteiger partial charge in [-0.15, -0.1) is 0 Å². The van der Waals surface area contributed by atoms with Crippen LogP contribution >= 0.6 is 0 Å². The Balaban J connectivity index is 1.12. The van der Waals surface area contributed by atoms with Crippen LogP contribution in [0.15, 0.2) is 54.9 Å². The van der Waals surface area contributed by atoms with Crippen LogP contribution in [0.3, 0.4) is 0 Å². The second-order valence-corrected chi connectivity index (χ2v) is 11.1. The maximum atomic E-state index is 6.00. The fourth-order valence-electron chi connectivity index (χ4n) is 6.18. The predicted octanol–water partition coefficient (Wildman–Crippen LogP) is 4.34. The average Bonchev–Trinajstić information content (AvgIpc) is 3.52. The Morgan fingerprint density at radius 1 is 0.878 bits per heavy atom. The van der Waals surface area contributed by atoms with E-state index >= 15 is 0 Å². The highest BCUT2D eigenvalue weighted by Crippen LogP contribution is 2.37. The van der Waals surface area contributed by atoms with Gasteiger partial charge in [-0.25, -0.2) is 15.0 Å². The van der Waals surface area contributed by atoms with Crippen LogP contribution in [0.4, 0.5) is 23.0 Å². The summed E-state index contributed by atoms with van der Waals surface area (Å²) in [6.07, 6.45) is 4.82. The van der Waals surface area contributed by atoms with Gasteiger partial charge in [-0.3, -0.25) is 9.74 Å². The second kappa shape index (κ2) is 12.5. The molecule has 3 aliphatic rings. The number of nitrogens with one attached hydrogen (secondary N) is 1. The van der Waals surface area contributed by atoms with Crippen LogP contribution in [0.2, 0.25) is 0 Å². The van der Waals surface area contributed by atoms with Gasteiger partial charge in [0.25, 0.3) is 0 Å². The number of benzene rings is 2. The van der Waals surface area contributed by atoms with E-state index in [9.17, 15) is 0 Å². The number of rotatable bonds is 8. The Labute approximate surface area is 242 Å². The zero-order valence-electron chi connectivity index (χ0n) is 24.3. The number of likely N-dealkylation sites (N-methyl/N-ethyl adjacent to an activating group) is 1. The first kappa shape index (κ1) is 27.6. The van der Waals surface area contributed by atoms with Crippen molar-refractivity contribution in [1.82, 2.24) is 19.8 Å². The molecular weight excluding hydrogens is 518 g/mol. The minimum atomic E-state index is 0.0436. The summed E-state index contributed by atoms with van der Waals surface area (Å²) in [7, 11) is 5.62. The summed E-state index contributed by atoms with van der Waals surface area (Å²) >= 11 is 0. The number of hydroxylamine groups is 1. The lowest BCUT2D eigenvalue weighted by molar-refractivity contribution is 0.0982. The van der Waals surface area contributed by atoms with Gasteiger partial charge in [0.15, 0.2) is 5.82 Å². The van der Waals surface area contributed by atoms with Crippen LogP contribution in [-0.2, 0) is 4.84 Å². The Hall–Kier alpha value is -3.60. The van der Waals surface area contributed by atoms with Gasteiger partial charge in [-0.05, 0) is 49.7 Å². The van der Waals surface area contributed by atoms with E-state index in [1.54, 1.807) is 20.5 Å². The molecule has 0 spiro atoms. The summed E-state index contributed by atoms with van der Waals surface area (Å²) in [5, 5.41) is 5.31. The maximum Gasteiger partial charge on any atom is 0.158 e. The highest BCUT2D eigenvalue weighted by Gasteiger charge is 2.30. The molecule has 1 aromatic heterocycles. The number of piperidine rings is 1. The number of ether oxygens (including phenoxy) is 2. The van der Waals surface area contributed by atoms with Crippen molar-refractivity contribution in [3.63, 3.8) is 0 Å². The third kappa shape index (κ3) is 6.19. The lowest BCUT2D eigenvalue weighted by Crippen LogP contribution is -2.52. The van der Waals surface area contributed by atoms with Crippen molar-refractivity contribution in [3.05, 3.63) is 60.4 Å². The van der Waals surface area contributed by atoms with Crippen molar-refractivity contribution in [2.24, 2.45) is 0 Å². The van der Waals surface area contributed by atoms with E-state index in [2.05, 4.69) is 61.3 Å².